The quantitative estimate of drug-likeness (QED) is 0.753. The zero-order valence-corrected chi connectivity index (χ0v) is 13.6. The average molecular weight is 339 g/mol. The van der Waals surface area contributed by atoms with Gasteiger partial charge in [0.2, 0.25) is 5.91 Å². The first-order valence-electron chi connectivity index (χ1n) is 7.78. The number of carbonyl (C=O) groups is 1. The van der Waals surface area contributed by atoms with E-state index in [1.807, 2.05) is 36.4 Å². The third-order valence-corrected chi connectivity index (χ3v) is 4.49. The van der Waals surface area contributed by atoms with Gasteiger partial charge < -0.3 is 10.1 Å². The SMILES string of the molecule is O=C(Nc1cncc2ccccc12)[C@H]1CCOc2ccc(Cl)cc21. The maximum Gasteiger partial charge on any atom is 0.232 e. The number of benzene rings is 2. The number of fused-ring (bicyclic) bond motifs is 2. The molecule has 0 aliphatic carbocycles. The first kappa shape index (κ1) is 15.0. The average Bonchev–Trinajstić information content (AvgIpc) is 2.61. The molecule has 0 spiro atoms. The van der Waals surface area contributed by atoms with Gasteiger partial charge in [0, 0.05) is 27.6 Å². The van der Waals surface area contributed by atoms with E-state index < -0.39 is 0 Å². The van der Waals surface area contributed by atoms with Gasteiger partial charge in [-0.15, -0.1) is 0 Å². The second kappa shape index (κ2) is 6.13. The Labute approximate surface area is 144 Å². The predicted octanol–water partition coefficient (Wildman–Crippen LogP) is 4.39. The Morgan fingerprint density at radius 3 is 3.00 bits per heavy atom. The number of ether oxygens (including phenoxy) is 1. The number of carbonyl (C=O) groups excluding carboxylic acids is 1. The third kappa shape index (κ3) is 2.69. The Bertz CT molecular complexity index is 921. The number of anilines is 1. The molecule has 120 valence electrons. The molecule has 0 radical (unpaired) electrons. The van der Waals surface area contributed by atoms with Gasteiger partial charge in [0.25, 0.3) is 0 Å². The lowest BCUT2D eigenvalue weighted by molar-refractivity contribution is -0.118. The fraction of sp³-hybridized carbons (Fsp3) is 0.158. The molecule has 1 amide bonds. The van der Waals surface area contributed by atoms with Gasteiger partial charge in [0.1, 0.15) is 5.75 Å². The summed E-state index contributed by atoms with van der Waals surface area (Å²) >= 11 is 6.09. The Morgan fingerprint density at radius 1 is 1.21 bits per heavy atom. The minimum atomic E-state index is -0.286. The lowest BCUT2D eigenvalue weighted by Crippen LogP contribution is -2.26. The van der Waals surface area contributed by atoms with Crippen LogP contribution in [0.1, 0.15) is 17.9 Å². The van der Waals surface area contributed by atoms with Crippen molar-refractivity contribution in [2.24, 2.45) is 0 Å². The molecule has 2 heterocycles. The van der Waals surface area contributed by atoms with Crippen molar-refractivity contribution in [3.63, 3.8) is 0 Å². The second-order valence-electron chi connectivity index (χ2n) is 5.77. The fourth-order valence-corrected chi connectivity index (χ4v) is 3.25. The predicted molar refractivity (Wildman–Crippen MR) is 94.7 cm³/mol. The molecule has 1 atom stereocenters. The minimum absolute atomic E-state index is 0.0695. The van der Waals surface area contributed by atoms with Gasteiger partial charge in [0.05, 0.1) is 24.4 Å². The molecule has 0 saturated carbocycles. The molecular weight excluding hydrogens is 324 g/mol. The van der Waals surface area contributed by atoms with E-state index in [2.05, 4.69) is 10.3 Å². The van der Waals surface area contributed by atoms with Crippen LogP contribution in [-0.4, -0.2) is 17.5 Å². The number of aromatic nitrogens is 1. The summed E-state index contributed by atoms with van der Waals surface area (Å²) in [6.45, 7) is 0.514. The van der Waals surface area contributed by atoms with Crippen molar-refractivity contribution in [2.45, 2.75) is 12.3 Å². The molecular formula is C19H15ClN2O2. The zero-order valence-electron chi connectivity index (χ0n) is 12.8. The molecule has 0 bridgehead atoms. The highest BCUT2D eigenvalue weighted by Gasteiger charge is 2.28. The molecule has 2 aromatic carbocycles. The number of halogens is 1. The molecule has 1 aromatic heterocycles. The van der Waals surface area contributed by atoms with Crippen molar-refractivity contribution < 1.29 is 9.53 Å². The largest absolute Gasteiger partial charge is 0.493 e. The van der Waals surface area contributed by atoms with Crippen molar-refractivity contribution in [2.75, 3.05) is 11.9 Å². The van der Waals surface area contributed by atoms with Crippen molar-refractivity contribution in [1.29, 1.82) is 0 Å². The van der Waals surface area contributed by atoms with Gasteiger partial charge in [-0.1, -0.05) is 35.9 Å². The summed E-state index contributed by atoms with van der Waals surface area (Å²) in [7, 11) is 0. The Kier molecular flexibility index (Phi) is 3.82. The molecule has 4 nitrogen and oxygen atoms in total. The summed E-state index contributed by atoms with van der Waals surface area (Å²) in [5, 5.41) is 5.58. The van der Waals surface area contributed by atoms with Crippen molar-refractivity contribution in [3.05, 3.63) is 65.4 Å². The smallest absolute Gasteiger partial charge is 0.232 e. The van der Waals surface area contributed by atoms with Crippen LogP contribution < -0.4 is 10.1 Å². The summed E-state index contributed by atoms with van der Waals surface area (Å²) in [5.41, 5.74) is 1.55. The molecule has 4 rings (SSSR count). The first-order valence-corrected chi connectivity index (χ1v) is 8.16. The van der Waals surface area contributed by atoms with E-state index in [0.717, 1.165) is 22.1 Å². The summed E-state index contributed by atoms with van der Waals surface area (Å²) in [5.74, 6) is 0.369. The van der Waals surface area contributed by atoms with Gasteiger partial charge in [-0.3, -0.25) is 9.78 Å². The maximum absolute atomic E-state index is 12.8. The van der Waals surface area contributed by atoms with Crippen LogP contribution in [-0.2, 0) is 4.79 Å². The first-order chi connectivity index (χ1) is 11.7. The molecule has 1 aliphatic rings. The zero-order chi connectivity index (χ0) is 16.5. The Hall–Kier alpha value is -2.59. The van der Waals surface area contributed by atoms with Crippen LogP contribution >= 0.6 is 11.6 Å². The molecule has 0 fully saturated rings. The molecule has 1 N–H and O–H groups in total. The van der Waals surface area contributed by atoms with Gasteiger partial charge in [-0.25, -0.2) is 0 Å². The second-order valence-corrected chi connectivity index (χ2v) is 6.21. The number of amides is 1. The maximum atomic E-state index is 12.8. The van der Waals surface area contributed by atoms with Gasteiger partial charge in [-0.05, 0) is 24.6 Å². The number of nitrogens with zero attached hydrogens (tertiary/aromatic N) is 1. The molecule has 0 saturated heterocycles. The summed E-state index contributed by atoms with van der Waals surface area (Å²) < 4.78 is 5.63. The van der Waals surface area contributed by atoms with Crippen LogP contribution in [0.15, 0.2) is 54.9 Å². The molecule has 3 aromatic rings. The van der Waals surface area contributed by atoms with Crippen LogP contribution in [0.25, 0.3) is 10.8 Å². The molecule has 1 aliphatic heterocycles. The normalized spacial score (nSPS) is 16.3. The summed E-state index contributed by atoms with van der Waals surface area (Å²) in [4.78, 5) is 17.1. The standard InChI is InChI=1S/C19H15ClN2O2/c20-13-5-6-18-16(9-13)15(7-8-24-18)19(23)22-17-11-21-10-12-3-1-2-4-14(12)17/h1-6,9-11,15H,7-8H2,(H,22,23)/t15-/m0/s1. The van der Waals surface area contributed by atoms with Crippen molar-refractivity contribution in [3.8, 4) is 5.75 Å². The van der Waals surface area contributed by atoms with E-state index in [1.165, 1.54) is 0 Å². The monoisotopic (exact) mass is 338 g/mol. The van der Waals surface area contributed by atoms with Crippen LogP contribution in [0.3, 0.4) is 0 Å². The van der Waals surface area contributed by atoms with E-state index in [0.29, 0.717) is 23.7 Å². The summed E-state index contributed by atoms with van der Waals surface area (Å²) in [6.07, 6.45) is 4.09. The van der Waals surface area contributed by atoms with Crippen molar-refractivity contribution >= 4 is 34.0 Å². The number of hydrogen-bond acceptors (Lipinski definition) is 3. The lowest BCUT2D eigenvalue weighted by Gasteiger charge is -2.25. The number of rotatable bonds is 2. The van der Waals surface area contributed by atoms with Gasteiger partial charge in [0.15, 0.2) is 0 Å². The van der Waals surface area contributed by atoms with Gasteiger partial charge in [-0.2, -0.15) is 0 Å². The topological polar surface area (TPSA) is 51.2 Å². The lowest BCUT2D eigenvalue weighted by atomic mass is 9.92. The number of hydrogen-bond donors (Lipinski definition) is 1. The van der Waals surface area contributed by atoms with E-state index in [1.54, 1.807) is 18.5 Å². The minimum Gasteiger partial charge on any atom is -0.493 e. The molecule has 24 heavy (non-hydrogen) atoms. The molecule has 0 unspecified atom stereocenters. The van der Waals surface area contributed by atoms with Gasteiger partial charge >= 0.3 is 0 Å². The van der Waals surface area contributed by atoms with E-state index in [9.17, 15) is 4.79 Å². The summed E-state index contributed by atoms with van der Waals surface area (Å²) in [6, 6.07) is 13.2. The van der Waals surface area contributed by atoms with E-state index >= 15 is 0 Å². The fourth-order valence-electron chi connectivity index (χ4n) is 3.07. The highest BCUT2D eigenvalue weighted by molar-refractivity contribution is 6.30. The van der Waals surface area contributed by atoms with E-state index in [-0.39, 0.29) is 11.8 Å². The van der Waals surface area contributed by atoms with Crippen LogP contribution in [0.4, 0.5) is 5.69 Å². The number of pyridine rings is 1. The third-order valence-electron chi connectivity index (χ3n) is 4.25. The number of nitrogens with one attached hydrogen (secondary N) is 1. The highest BCUT2D eigenvalue weighted by atomic mass is 35.5. The van der Waals surface area contributed by atoms with Crippen LogP contribution in [0.2, 0.25) is 5.02 Å². The highest BCUT2D eigenvalue weighted by Crippen LogP contribution is 2.36. The molecule has 5 heteroatoms. The Morgan fingerprint density at radius 2 is 2.08 bits per heavy atom. The van der Waals surface area contributed by atoms with Crippen LogP contribution in [0.5, 0.6) is 5.75 Å². The Balaban J connectivity index is 1.67. The van der Waals surface area contributed by atoms with Crippen LogP contribution in [0, 0.1) is 0 Å². The van der Waals surface area contributed by atoms with E-state index in [4.69, 9.17) is 16.3 Å². The van der Waals surface area contributed by atoms with Crippen molar-refractivity contribution in [1.82, 2.24) is 4.98 Å².